The van der Waals surface area contributed by atoms with E-state index in [0.29, 0.717) is 0 Å². The van der Waals surface area contributed by atoms with Crippen LogP contribution in [0.15, 0.2) is 23.9 Å². The van der Waals surface area contributed by atoms with Crippen molar-refractivity contribution in [2.75, 3.05) is 0 Å². The Balaban J connectivity index is 2.07. The van der Waals surface area contributed by atoms with Crippen molar-refractivity contribution >= 4 is 12.7 Å². The highest BCUT2D eigenvalue weighted by atomic mass is 19.4. The molecule has 0 aromatic heterocycles. The van der Waals surface area contributed by atoms with Crippen molar-refractivity contribution in [1.29, 1.82) is 0 Å². The molecule has 0 aliphatic carbocycles. The third kappa shape index (κ3) is 3.18. The maximum absolute atomic E-state index is 15.2. The van der Waals surface area contributed by atoms with Gasteiger partial charge in [0.2, 0.25) is 0 Å². The van der Waals surface area contributed by atoms with E-state index in [2.05, 4.69) is 0 Å². The van der Waals surface area contributed by atoms with Gasteiger partial charge in [-0.1, -0.05) is 0 Å². The Morgan fingerprint density at radius 3 is 2.27 bits per heavy atom. The maximum atomic E-state index is 15.2. The lowest BCUT2D eigenvalue weighted by atomic mass is 9.80. The number of hydrogen-bond donors (Lipinski definition) is 1. The van der Waals surface area contributed by atoms with E-state index >= 15 is 4.39 Å². The number of hydrogen-bond acceptors (Lipinski definition) is 4. The molecule has 1 atom stereocenters. The van der Waals surface area contributed by atoms with Gasteiger partial charge in [0.1, 0.15) is 17.2 Å². The summed E-state index contributed by atoms with van der Waals surface area (Å²) in [5, 5.41) is 9.66. The maximum Gasteiger partial charge on any atom is 0.525 e. The van der Waals surface area contributed by atoms with E-state index in [0.717, 1.165) is 0 Å². The van der Waals surface area contributed by atoms with Crippen LogP contribution >= 0.6 is 0 Å². The van der Waals surface area contributed by atoms with Gasteiger partial charge in [0.15, 0.2) is 6.10 Å². The van der Waals surface area contributed by atoms with Crippen molar-refractivity contribution in [2.45, 2.75) is 57.6 Å². The van der Waals surface area contributed by atoms with Crippen LogP contribution in [-0.4, -0.2) is 35.7 Å². The second-order valence-corrected chi connectivity index (χ2v) is 7.45. The quantitative estimate of drug-likeness (QED) is 0.584. The number of alkyl halides is 3. The number of aromatic hydroxyl groups is 1. The molecule has 0 radical (unpaired) electrons. The predicted octanol–water partition coefficient (Wildman–Crippen LogP) is 4.42. The van der Waals surface area contributed by atoms with Gasteiger partial charge in [-0.15, -0.1) is 0 Å². The van der Waals surface area contributed by atoms with Crippen molar-refractivity contribution in [3.63, 3.8) is 0 Å². The second kappa shape index (κ2) is 5.89. The first-order chi connectivity index (χ1) is 11.8. The zero-order valence-electron chi connectivity index (χ0n) is 14.8. The zero-order chi connectivity index (χ0) is 19.5. The van der Waals surface area contributed by atoms with Gasteiger partial charge >= 0.3 is 13.3 Å². The molecule has 0 saturated carbocycles. The summed E-state index contributed by atoms with van der Waals surface area (Å²) in [6.07, 6.45) is -7.60. The van der Waals surface area contributed by atoms with Gasteiger partial charge in [-0.05, 0) is 51.5 Å². The molecular weight excluding hydrogens is 355 g/mol. The van der Waals surface area contributed by atoms with Gasteiger partial charge in [0.25, 0.3) is 0 Å². The highest BCUT2D eigenvalue weighted by Crippen LogP contribution is 2.46. The highest BCUT2D eigenvalue weighted by Gasteiger charge is 2.54. The van der Waals surface area contributed by atoms with E-state index in [9.17, 15) is 18.3 Å². The first-order valence-corrected chi connectivity index (χ1v) is 8.13. The van der Waals surface area contributed by atoms with Crippen LogP contribution in [0.3, 0.4) is 0 Å². The molecule has 1 aromatic carbocycles. The number of ether oxygens (including phenoxy) is 1. The zero-order valence-corrected chi connectivity index (χ0v) is 14.8. The van der Waals surface area contributed by atoms with Crippen LogP contribution in [-0.2, 0) is 9.31 Å². The van der Waals surface area contributed by atoms with Gasteiger partial charge in [0.05, 0.1) is 11.2 Å². The average Bonchev–Trinajstić information content (AvgIpc) is 2.72. The summed E-state index contributed by atoms with van der Waals surface area (Å²) in [4.78, 5) is 0. The van der Waals surface area contributed by atoms with Gasteiger partial charge in [0, 0.05) is 12.0 Å². The number of phenols is 1. The van der Waals surface area contributed by atoms with Crippen LogP contribution in [0.4, 0.5) is 17.6 Å². The molecular formula is C17H19BF4O4. The summed E-state index contributed by atoms with van der Waals surface area (Å²) in [5.41, 5.74) is -2.83. The summed E-state index contributed by atoms with van der Waals surface area (Å²) in [6.45, 7) is 6.86. The monoisotopic (exact) mass is 374 g/mol. The summed E-state index contributed by atoms with van der Waals surface area (Å²) >= 11 is 0. The molecule has 0 amide bonds. The van der Waals surface area contributed by atoms with E-state index in [4.69, 9.17) is 14.0 Å². The molecule has 1 unspecified atom stereocenters. The molecule has 2 heterocycles. The van der Waals surface area contributed by atoms with Crippen LogP contribution in [0, 0.1) is 0 Å². The lowest BCUT2D eigenvalue weighted by molar-refractivity contribution is -0.194. The molecule has 26 heavy (non-hydrogen) atoms. The number of phenolic OH excluding ortho intramolecular Hbond substituents is 1. The van der Waals surface area contributed by atoms with Crippen molar-refractivity contribution in [2.24, 2.45) is 0 Å². The van der Waals surface area contributed by atoms with Crippen LogP contribution in [0.1, 0.15) is 39.7 Å². The summed E-state index contributed by atoms with van der Waals surface area (Å²) < 4.78 is 70.9. The molecule has 2 aliphatic heterocycles. The van der Waals surface area contributed by atoms with Crippen molar-refractivity contribution < 1.29 is 36.7 Å². The standard InChI is InChI=1S/C17H19BF4O4/c1-15(2)16(3,4)26-18(25-15)14(19)11-8-13(17(20,21)22)24-12-6-5-9(23)7-10(11)12/h5-7,13,23H,8H2,1-4H3. The lowest BCUT2D eigenvalue weighted by Gasteiger charge is -2.32. The van der Waals surface area contributed by atoms with E-state index in [-0.39, 0.29) is 22.6 Å². The van der Waals surface area contributed by atoms with Crippen molar-refractivity contribution in [3.05, 3.63) is 29.5 Å². The Labute approximate surface area is 148 Å². The van der Waals surface area contributed by atoms with E-state index in [1.165, 1.54) is 18.2 Å². The first kappa shape index (κ1) is 19.0. The highest BCUT2D eigenvalue weighted by molar-refractivity contribution is 6.55. The van der Waals surface area contributed by atoms with Crippen molar-refractivity contribution in [3.8, 4) is 11.5 Å². The third-order valence-electron chi connectivity index (χ3n) is 5.06. The lowest BCUT2D eigenvalue weighted by Crippen LogP contribution is -2.41. The Morgan fingerprint density at radius 1 is 1.15 bits per heavy atom. The molecule has 1 aromatic rings. The van der Waals surface area contributed by atoms with Gasteiger partial charge < -0.3 is 19.2 Å². The summed E-state index contributed by atoms with van der Waals surface area (Å²) in [6, 6.07) is 3.53. The molecule has 0 spiro atoms. The minimum Gasteiger partial charge on any atom is -0.508 e. The normalized spacial score (nSPS) is 26.3. The summed E-state index contributed by atoms with van der Waals surface area (Å²) in [5.74, 6) is -0.366. The van der Waals surface area contributed by atoms with Crippen LogP contribution in [0.2, 0.25) is 0 Å². The Hall–Kier alpha value is -1.74. The van der Waals surface area contributed by atoms with Crippen LogP contribution in [0.5, 0.6) is 11.5 Å². The fourth-order valence-electron chi connectivity index (χ4n) is 2.84. The number of rotatable bonds is 1. The van der Waals surface area contributed by atoms with Crippen molar-refractivity contribution in [1.82, 2.24) is 0 Å². The Morgan fingerprint density at radius 2 is 1.73 bits per heavy atom. The average molecular weight is 374 g/mol. The largest absolute Gasteiger partial charge is 0.525 e. The fourth-order valence-corrected chi connectivity index (χ4v) is 2.84. The predicted molar refractivity (Wildman–Crippen MR) is 87.3 cm³/mol. The third-order valence-corrected chi connectivity index (χ3v) is 5.06. The molecule has 2 aliphatic rings. The smallest absolute Gasteiger partial charge is 0.508 e. The molecule has 142 valence electrons. The number of benzene rings is 1. The summed E-state index contributed by atoms with van der Waals surface area (Å²) in [7, 11) is -1.43. The van der Waals surface area contributed by atoms with Crippen LogP contribution < -0.4 is 4.74 Å². The Kier molecular flexibility index (Phi) is 4.31. The molecule has 9 heteroatoms. The molecule has 1 fully saturated rings. The molecule has 1 N–H and O–H groups in total. The number of halogens is 4. The van der Waals surface area contributed by atoms with Gasteiger partial charge in [-0.3, -0.25) is 0 Å². The van der Waals surface area contributed by atoms with Crippen LogP contribution in [0.25, 0.3) is 5.57 Å². The minimum atomic E-state index is -4.67. The second-order valence-electron chi connectivity index (χ2n) is 7.45. The molecule has 1 saturated heterocycles. The van der Waals surface area contributed by atoms with Gasteiger partial charge in [-0.2, -0.15) is 13.2 Å². The molecule has 3 rings (SSSR count). The molecule has 4 nitrogen and oxygen atoms in total. The Bertz CT molecular complexity index is 742. The van der Waals surface area contributed by atoms with E-state index in [1.807, 2.05) is 0 Å². The SMILES string of the molecule is CC1(C)OB(C(F)=C2CC(C(F)(F)F)Oc3ccc(O)cc32)OC1(C)C. The topological polar surface area (TPSA) is 47.9 Å². The molecule has 0 bridgehead atoms. The minimum absolute atomic E-state index is 0.0534. The number of fused-ring (bicyclic) bond motifs is 1. The van der Waals surface area contributed by atoms with E-state index in [1.54, 1.807) is 27.7 Å². The van der Waals surface area contributed by atoms with E-state index < -0.39 is 42.7 Å². The fraction of sp³-hybridized carbons (Fsp3) is 0.529. The van der Waals surface area contributed by atoms with Gasteiger partial charge in [-0.25, -0.2) is 4.39 Å². The first-order valence-electron chi connectivity index (χ1n) is 8.13.